The molecule has 1 aliphatic heterocycles. The average Bonchev–Trinajstić information content (AvgIpc) is 3.67. The minimum Gasteiger partial charge on any atom is -0.494 e. The third-order valence-electron chi connectivity index (χ3n) is 9.26. The molecule has 1 saturated heterocycles. The van der Waals surface area contributed by atoms with E-state index in [1.54, 1.807) is 53.4 Å². The summed E-state index contributed by atoms with van der Waals surface area (Å²) in [7, 11) is 4.04. The molecule has 5 aromatic rings. The summed E-state index contributed by atoms with van der Waals surface area (Å²) in [5.41, 5.74) is 4.86. The number of carbonyl (C=O) groups is 3. The fourth-order valence-electron chi connectivity index (χ4n) is 6.38. The van der Waals surface area contributed by atoms with Crippen molar-refractivity contribution in [1.29, 1.82) is 0 Å². The van der Waals surface area contributed by atoms with Gasteiger partial charge in [0.2, 0.25) is 5.91 Å². The molecule has 3 amide bonds. The molecular formula is C41H45ClN6O5. The van der Waals surface area contributed by atoms with Gasteiger partial charge in [-0.2, -0.15) is 0 Å². The van der Waals surface area contributed by atoms with Gasteiger partial charge >= 0.3 is 0 Å². The molecule has 3 heterocycles. The van der Waals surface area contributed by atoms with Crippen LogP contribution in [0, 0.1) is 6.92 Å². The summed E-state index contributed by atoms with van der Waals surface area (Å²) in [6, 6.07) is 22.1. The number of carbonyl (C=O) groups excluding carboxylic acids is 3. The molecule has 1 fully saturated rings. The number of rotatable bonds is 13. The molecule has 1 aliphatic rings. The fraction of sp³-hybridized carbons (Fsp3) is 0.317. The van der Waals surface area contributed by atoms with Crippen molar-refractivity contribution in [3.05, 3.63) is 112 Å². The summed E-state index contributed by atoms with van der Waals surface area (Å²) in [5.74, 6) is 0.155. The molecule has 0 radical (unpaired) electrons. The summed E-state index contributed by atoms with van der Waals surface area (Å²) in [5, 5.41) is 10.5. The van der Waals surface area contributed by atoms with E-state index >= 15 is 0 Å². The summed E-state index contributed by atoms with van der Waals surface area (Å²) in [4.78, 5) is 49.2. The Morgan fingerprint density at radius 2 is 1.77 bits per heavy atom. The first-order chi connectivity index (χ1) is 25.6. The first-order valence-corrected chi connectivity index (χ1v) is 18.3. The molecule has 0 saturated carbocycles. The molecule has 3 aromatic carbocycles. The average molecular weight is 737 g/mol. The van der Waals surface area contributed by atoms with Crippen LogP contribution in [-0.2, 0) is 11.2 Å². The van der Waals surface area contributed by atoms with Crippen molar-refractivity contribution in [2.45, 2.75) is 32.7 Å². The van der Waals surface area contributed by atoms with Gasteiger partial charge in [0.05, 0.1) is 17.1 Å². The van der Waals surface area contributed by atoms with Crippen molar-refractivity contribution in [1.82, 2.24) is 25.4 Å². The maximum atomic E-state index is 13.8. The van der Waals surface area contributed by atoms with E-state index in [-0.39, 0.29) is 17.6 Å². The maximum absolute atomic E-state index is 13.8. The summed E-state index contributed by atoms with van der Waals surface area (Å²) in [6.07, 6.45) is 1.63. The van der Waals surface area contributed by atoms with Crippen molar-refractivity contribution >= 4 is 45.9 Å². The molecule has 0 bridgehead atoms. The van der Waals surface area contributed by atoms with Gasteiger partial charge in [-0.3, -0.25) is 19.4 Å². The SMILES string of the molecule is CCc1c(C)nc2ccc(C(=O)Nc3cccc(-c4ccc(C(=O)NC(C(=O)N5CCNCC5)c5ccc(OCCCN(C)C)cc5)o4)c3)cc2c1Cl. The Morgan fingerprint density at radius 3 is 2.51 bits per heavy atom. The van der Waals surface area contributed by atoms with Crippen LogP contribution in [0.2, 0.25) is 5.02 Å². The van der Waals surface area contributed by atoms with Crippen molar-refractivity contribution < 1.29 is 23.5 Å². The Balaban J connectivity index is 1.16. The number of hydrogen-bond donors (Lipinski definition) is 3. The number of aryl methyl sites for hydroxylation is 1. The van der Waals surface area contributed by atoms with E-state index in [4.69, 9.17) is 20.8 Å². The molecule has 53 heavy (non-hydrogen) atoms. The Hall–Kier alpha value is -5.23. The van der Waals surface area contributed by atoms with Crippen LogP contribution >= 0.6 is 11.6 Å². The van der Waals surface area contributed by atoms with Crippen LogP contribution < -0.4 is 20.7 Å². The second kappa shape index (κ2) is 17.1. The monoisotopic (exact) mass is 736 g/mol. The van der Waals surface area contributed by atoms with Crippen LogP contribution in [0.4, 0.5) is 5.69 Å². The predicted molar refractivity (Wildman–Crippen MR) is 208 cm³/mol. The first kappa shape index (κ1) is 37.5. The highest BCUT2D eigenvalue weighted by atomic mass is 35.5. The highest BCUT2D eigenvalue weighted by Gasteiger charge is 2.30. The van der Waals surface area contributed by atoms with E-state index < -0.39 is 11.9 Å². The summed E-state index contributed by atoms with van der Waals surface area (Å²) in [6.45, 7) is 7.90. The van der Waals surface area contributed by atoms with Gasteiger partial charge in [-0.25, -0.2) is 0 Å². The number of benzene rings is 3. The third kappa shape index (κ3) is 9.05. The van der Waals surface area contributed by atoms with Crippen LogP contribution in [0.25, 0.3) is 22.2 Å². The highest BCUT2D eigenvalue weighted by Crippen LogP contribution is 2.30. The number of amides is 3. The van der Waals surface area contributed by atoms with E-state index in [9.17, 15) is 14.4 Å². The zero-order valence-corrected chi connectivity index (χ0v) is 31.3. The van der Waals surface area contributed by atoms with Crippen LogP contribution in [0.1, 0.15) is 57.1 Å². The van der Waals surface area contributed by atoms with Crippen LogP contribution in [0.3, 0.4) is 0 Å². The summed E-state index contributed by atoms with van der Waals surface area (Å²) < 4.78 is 11.9. The lowest BCUT2D eigenvalue weighted by atomic mass is 10.0. The van der Waals surface area contributed by atoms with Crippen LogP contribution in [0.15, 0.2) is 83.3 Å². The van der Waals surface area contributed by atoms with E-state index in [1.807, 2.05) is 58.3 Å². The number of nitrogens with one attached hydrogen (secondary N) is 3. The van der Waals surface area contributed by atoms with Crippen LogP contribution in [-0.4, -0.2) is 85.9 Å². The van der Waals surface area contributed by atoms with E-state index in [2.05, 4.69) is 25.8 Å². The van der Waals surface area contributed by atoms with Gasteiger partial charge in [0.1, 0.15) is 17.6 Å². The number of aromatic nitrogens is 1. The molecule has 11 nitrogen and oxygen atoms in total. The largest absolute Gasteiger partial charge is 0.494 e. The van der Waals surface area contributed by atoms with Gasteiger partial charge in [-0.1, -0.05) is 42.8 Å². The van der Waals surface area contributed by atoms with Gasteiger partial charge in [-0.05, 0) is 99.6 Å². The second-order valence-corrected chi connectivity index (χ2v) is 13.7. The number of hydrogen-bond acceptors (Lipinski definition) is 8. The lowest BCUT2D eigenvalue weighted by Crippen LogP contribution is -2.50. The van der Waals surface area contributed by atoms with E-state index in [0.29, 0.717) is 71.7 Å². The number of furan rings is 1. The smallest absolute Gasteiger partial charge is 0.287 e. The number of piperazine rings is 1. The third-order valence-corrected chi connectivity index (χ3v) is 9.69. The normalized spacial score (nSPS) is 13.6. The molecule has 3 N–H and O–H groups in total. The van der Waals surface area contributed by atoms with Gasteiger partial charge in [0, 0.05) is 60.6 Å². The lowest BCUT2D eigenvalue weighted by Gasteiger charge is -2.31. The number of anilines is 1. The highest BCUT2D eigenvalue weighted by molar-refractivity contribution is 6.36. The molecular weight excluding hydrogens is 692 g/mol. The second-order valence-electron chi connectivity index (χ2n) is 13.3. The Morgan fingerprint density at radius 1 is 1.00 bits per heavy atom. The van der Waals surface area contributed by atoms with Crippen molar-refractivity contribution in [3.8, 4) is 17.1 Å². The molecule has 0 aliphatic carbocycles. The number of nitrogens with zero attached hydrogens (tertiary/aromatic N) is 3. The molecule has 12 heteroatoms. The fourth-order valence-corrected chi connectivity index (χ4v) is 6.81. The lowest BCUT2D eigenvalue weighted by molar-refractivity contribution is -0.134. The Bertz CT molecular complexity index is 2090. The first-order valence-electron chi connectivity index (χ1n) is 17.9. The van der Waals surface area contributed by atoms with Crippen molar-refractivity contribution in [2.24, 2.45) is 0 Å². The van der Waals surface area contributed by atoms with Gasteiger partial charge < -0.3 is 34.9 Å². The number of ether oxygens (including phenoxy) is 1. The van der Waals surface area contributed by atoms with Crippen LogP contribution in [0.5, 0.6) is 5.75 Å². The number of pyridine rings is 1. The minimum absolute atomic E-state index is 0.0525. The number of fused-ring (bicyclic) bond motifs is 1. The van der Waals surface area contributed by atoms with Gasteiger partial charge in [-0.15, -0.1) is 0 Å². The van der Waals surface area contributed by atoms with E-state index in [1.165, 1.54) is 0 Å². The molecule has 6 rings (SSSR count). The maximum Gasteiger partial charge on any atom is 0.287 e. The zero-order chi connectivity index (χ0) is 37.5. The van der Waals surface area contributed by atoms with Crippen molar-refractivity contribution in [3.63, 3.8) is 0 Å². The van der Waals surface area contributed by atoms with Gasteiger partial charge in [0.15, 0.2) is 5.76 Å². The molecule has 1 unspecified atom stereocenters. The topological polar surface area (TPSA) is 129 Å². The predicted octanol–water partition coefficient (Wildman–Crippen LogP) is 6.50. The summed E-state index contributed by atoms with van der Waals surface area (Å²) >= 11 is 6.70. The Kier molecular flexibility index (Phi) is 12.1. The molecule has 0 spiro atoms. The number of halogens is 1. The van der Waals surface area contributed by atoms with Crippen molar-refractivity contribution in [2.75, 3.05) is 58.7 Å². The zero-order valence-electron chi connectivity index (χ0n) is 30.5. The molecule has 276 valence electrons. The van der Waals surface area contributed by atoms with E-state index in [0.717, 1.165) is 41.5 Å². The standard InChI is InChI=1S/C41H45ClN6O5/c1-5-32-26(2)44-34-15-12-29(25-33(34)37(32)42)39(49)45-30-9-6-8-28(24-30)35-16-17-36(53-35)40(50)46-38(41(51)48-21-18-43-19-22-48)27-10-13-31(14-11-27)52-23-7-20-47(3)4/h6,8-17,24-25,38,43H,5,7,18-23H2,1-4H3,(H,45,49)(H,46,50). The van der Waals surface area contributed by atoms with Gasteiger partial charge in [0.25, 0.3) is 11.8 Å². The minimum atomic E-state index is -0.922. The molecule has 2 aromatic heterocycles. The quantitative estimate of drug-likeness (QED) is 0.117. The molecule has 1 atom stereocenters. The Labute approximate surface area is 314 Å².